The van der Waals surface area contributed by atoms with E-state index in [1.165, 1.54) is 47.9 Å². The van der Waals surface area contributed by atoms with Crippen LogP contribution in [0.4, 0.5) is 5.00 Å². The number of carbonyl (C=O) groups excluding carboxylic acids is 2. The molecular formula is C21H24N4O3S3. The number of nitrogens with one attached hydrogen (secondary N) is 1. The Kier molecular flexibility index (Phi) is 7.09. The highest BCUT2D eigenvalue weighted by molar-refractivity contribution is 7.99. The molecule has 0 unspecified atom stereocenters. The lowest BCUT2D eigenvalue weighted by molar-refractivity contribution is -0.113. The van der Waals surface area contributed by atoms with Gasteiger partial charge in [0.15, 0.2) is 11.0 Å². The first-order valence-corrected chi connectivity index (χ1v) is 12.9. The van der Waals surface area contributed by atoms with Crippen LogP contribution in [0.5, 0.6) is 0 Å². The van der Waals surface area contributed by atoms with Gasteiger partial charge < -0.3 is 14.6 Å². The molecule has 0 bridgehead atoms. The molecule has 3 aromatic heterocycles. The maximum atomic E-state index is 12.7. The fourth-order valence-corrected chi connectivity index (χ4v) is 6.43. The molecule has 3 heterocycles. The smallest absolute Gasteiger partial charge is 0.341 e. The van der Waals surface area contributed by atoms with E-state index < -0.39 is 0 Å². The van der Waals surface area contributed by atoms with Gasteiger partial charge in [0, 0.05) is 11.9 Å². The van der Waals surface area contributed by atoms with Gasteiger partial charge in [-0.2, -0.15) is 0 Å². The van der Waals surface area contributed by atoms with E-state index in [1.54, 1.807) is 11.3 Å². The van der Waals surface area contributed by atoms with E-state index in [2.05, 4.69) is 15.5 Å². The molecule has 10 heteroatoms. The molecule has 4 rings (SSSR count). The van der Waals surface area contributed by atoms with Crippen molar-refractivity contribution in [3.05, 3.63) is 33.5 Å². The van der Waals surface area contributed by atoms with Gasteiger partial charge in [-0.15, -0.1) is 32.9 Å². The SMILES string of the molecule is COC(=O)c1c(NC(=O)CSc2nnc(-c3cccs3)n2C)sc2c1CCCCCC2. The summed E-state index contributed by atoms with van der Waals surface area (Å²) in [4.78, 5) is 27.4. The number of anilines is 1. The fourth-order valence-electron chi connectivity index (χ4n) is 3.68. The average molecular weight is 477 g/mol. The number of esters is 1. The number of amides is 1. The number of ether oxygens (including phenoxy) is 1. The number of nitrogens with zero attached hydrogens (tertiary/aromatic N) is 3. The minimum Gasteiger partial charge on any atom is -0.465 e. The molecule has 0 saturated carbocycles. The Balaban J connectivity index is 1.47. The van der Waals surface area contributed by atoms with Crippen LogP contribution in [0.3, 0.4) is 0 Å². The normalized spacial score (nSPS) is 13.9. The Labute approximate surface area is 193 Å². The topological polar surface area (TPSA) is 86.1 Å². The van der Waals surface area contributed by atoms with Crippen molar-refractivity contribution in [2.75, 3.05) is 18.2 Å². The maximum Gasteiger partial charge on any atom is 0.341 e. The van der Waals surface area contributed by atoms with Crippen LogP contribution < -0.4 is 5.32 Å². The molecule has 1 amide bonds. The van der Waals surface area contributed by atoms with Crippen LogP contribution in [0.25, 0.3) is 10.7 Å². The third-order valence-electron chi connectivity index (χ3n) is 5.22. The summed E-state index contributed by atoms with van der Waals surface area (Å²) in [6.07, 6.45) is 6.32. The van der Waals surface area contributed by atoms with E-state index in [0.29, 0.717) is 15.7 Å². The maximum absolute atomic E-state index is 12.7. The van der Waals surface area contributed by atoms with Crippen molar-refractivity contribution in [3.8, 4) is 10.7 Å². The monoisotopic (exact) mass is 476 g/mol. The van der Waals surface area contributed by atoms with Crippen molar-refractivity contribution in [1.82, 2.24) is 14.8 Å². The molecule has 0 spiro atoms. The van der Waals surface area contributed by atoms with Crippen molar-refractivity contribution in [2.45, 2.75) is 43.7 Å². The zero-order valence-electron chi connectivity index (χ0n) is 17.5. The summed E-state index contributed by atoms with van der Waals surface area (Å²) in [6.45, 7) is 0. The first-order chi connectivity index (χ1) is 15.1. The number of thiophene rings is 2. The second-order valence-electron chi connectivity index (χ2n) is 7.29. The minimum atomic E-state index is -0.380. The molecule has 1 N–H and O–H groups in total. The summed E-state index contributed by atoms with van der Waals surface area (Å²) in [5.41, 5.74) is 1.58. The summed E-state index contributed by atoms with van der Waals surface area (Å²) in [6, 6.07) is 3.96. The summed E-state index contributed by atoms with van der Waals surface area (Å²) in [5, 5.41) is 14.7. The fraction of sp³-hybridized carbons (Fsp3) is 0.429. The Morgan fingerprint density at radius 1 is 1.23 bits per heavy atom. The largest absolute Gasteiger partial charge is 0.465 e. The molecule has 1 aliphatic carbocycles. The number of aryl methyl sites for hydroxylation is 1. The second-order valence-corrected chi connectivity index (χ2v) is 10.3. The summed E-state index contributed by atoms with van der Waals surface area (Å²) < 4.78 is 6.92. The molecule has 0 fully saturated rings. The van der Waals surface area contributed by atoms with Crippen LogP contribution >= 0.6 is 34.4 Å². The molecular weight excluding hydrogens is 452 g/mol. The van der Waals surface area contributed by atoms with Gasteiger partial charge in [-0.25, -0.2) is 4.79 Å². The van der Waals surface area contributed by atoms with Gasteiger partial charge in [0.25, 0.3) is 0 Å². The number of rotatable bonds is 6. The van der Waals surface area contributed by atoms with Gasteiger partial charge in [-0.1, -0.05) is 30.7 Å². The Morgan fingerprint density at radius 3 is 2.77 bits per heavy atom. The quantitative estimate of drug-likeness (QED) is 0.407. The number of fused-ring (bicyclic) bond motifs is 1. The van der Waals surface area contributed by atoms with Gasteiger partial charge in [0.2, 0.25) is 5.91 Å². The summed E-state index contributed by atoms with van der Waals surface area (Å²) in [5.74, 6) is 0.406. The van der Waals surface area contributed by atoms with E-state index in [9.17, 15) is 9.59 Å². The highest BCUT2D eigenvalue weighted by Gasteiger charge is 2.26. The zero-order chi connectivity index (χ0) is 21.8. The number of methoxy groups -OCH3 is 1. The number of hydrogen-bond acceptors (Lipinski definition) is 8. The van der Waals surface area contributed by atoms with Crippen molar-refractivity contribution in [3.63, 3.8) is 0 Å². The van der Waals surface area contributed by atoms with Crippen LogP contribution in [0, 0.1) is 0 Å². The first-order valence-electron chi connectivity index (χ1n) is 10.2. The van der Waals surface area contributed by atoms with E-state index in [0.717, 1.165) is 41.9 Å². The highest BCUT2D eigenvalue weighted by Crippen LogP contribution is 2.37. The third kappa shape index (κ3) is 4.86. The van der Waals surface area contributed by atoms with Crippen LogP contribution in [0.2, 0.25) is 0 Å². The highest BCUT2D eigenvalue weighted by atomic mass is 32.2. The zero-order valence-corrected chi connectivity index (χ0v) is 19.9. The van der Waals surface area contributed by atoms with Crippen LogP contribution in [0.1, 0.15) is 46.5 Å². The van der Waals surface area contributed by atoms with Crippen molar-refractivity contribution in [2.24, 2.45) is 7.05 Å². The van der Waals surface area contributed by atoms with Crippen LogP contribution in [-0.2, 0) is 29.4 Å². The lowest BCUT2D eigenvalue weighted by Gasteiger charge is -2.11. The molecule has 3 aromatic rings. The van der Waals surface area contributed by atoms with Gasteiger partial charge in [-0.05, 0) is 42.7 Å². The molecule has 7 nitrogen and oxygen atoms in total. The summed E-state index contributed by atoms with van der Waals surface area (Å²) >= 11 is 4.43. The van der Waals surface area contributed by atoms with Gasteiger partial charge in [-0.3, -0.25) is 4.79 Å². The molecule has 0 saturated heterocycles. The minimum absolute atomic E-state index is 0.176. The first kappa shape index (κ1) is 22.0. The molecule has 164 valence electrons. The third-order valence-corrected chi connectivity index (χ3v) is 8.32. The molecule has 1 aliphatic rings. The number of thioether (sulfide) groups is 1. The van der Waals surface area contributed by atoms with Gasteiger partial charge in [0.05, 0.1) is 23.3 Å². The van der Waals surface area contributed by atoms with Crippen molar-refractivity contribution >= 4 is 51.3 Å². The molecule has 31 heavy (non-hydrogen) atoms. The molecule has 0 aliphatic heterocycles. The molecule has 0 atom stereocenters. The van der Waals surface area contributed by atoms with Gasteiger partial charge in [0.1, 0.15) is 5.00 Å². The van der Waals surface area contributed by atoms with E-state index in [1.807, 2.05) is 29.1 Å². The molecule has 0 radical (unpaired) electrons. The van der Waals surface area contributed by atoms with Crippen molar-refractivity contribution < 1.29 is 14.3 Å². The Bertz CT molecular complexity index is 1070. The number of carbonyl (C=O) groups is 2. The van der Waals surface area contributed by atoms with E-state index in [-0.39, 0.29) is 17.6 Å². The number of aromatic nitrogens is 3. The standard InChI is InChI=1S/C21H24N4O3S3/c1-25-18(15-10-7-11-29-15)23-24-21(25)30-12-16(26)22-19-17(20(27)28-2)13-8-5-3-4-6-9-14(13)31-19/h7,10-11H,3-6,8-9,12H2,1-2H3,(H,22,26). The average Bonchev–Trinajstić information content (AvgIpc) is 3.46. The van der Waals surface area contributed by atoms with E-state index in [4.69, 9.17) is 4.74 Å². The van der Waals surface area contributed by atoms with Crippen molar-refractivity contribution in [1.29, 1.82) is 0 Å². The lowest BCUT2D eigenvalue weighted by atomic mass is 9.96. The second kappa shape index (κ2) is 9.97. The Hall–Kier alpha value is -2.17. The predicted molar refractivity (Wildman–Crippen MR) is 125 cm³/mol. The predicted octanol–water partition coefficient (Wildman–Crippen LogP) is 4.78. The van der Waals surface area contributed by atoms with Crippen LogP contribution in [-0.4, -0.2) is 39.5 Å². The van der Waals surface area contributed by atoms with E-state index >= 15 is 0 Å². The summed E-state index contributed by atoms with van der Waals surface area (Å²) in [7, 11) is 3.28. The molecule has 0 aromatic carbocycles. The van der Waals surface area contributed by atoms with Crippen LogP contribution in [0.15, 0.2) is 22.7 Å². The van der Waals surface area contributed by atoms with Gasteiger partial charge >= 0.3 is 5.97 Å². The Morgan fingerprint density at radius 2 is 2.03 bits per heavy atom. The number of hydrogen-bond donors (Lipinski definition) is 1. The lowest BCUT2D eigenvalue weighted by Crippen LogP contribution is -2.16.